The number of fused-ring (bicyclic) bond motifs is 8. The number of rotatable bonds is 0. The van der Waals surface area contributed by atoms with Crippen molar-refractivity contribution in [1.29, 1.82) is 0 Å². The van der Waals surface area contributed by atoms with Crippen molar-refractivity contribution in [2.45, 2.75) is 0 Å². The van der Waals surface area contributed by atoms with Crippen molar-refractivity contribution in [2.75, 3.05) is 0 Å². The van der Waals surface area contributed by atoms with E-state index in [-0.39, 0.29) is 13.1 Å². The van der Waals surface area contributed by atoms with E-state index in [9.17, 15) is 0 Å². The fourth-order valence-corrected chi connectivity index (χ4v) is 3.35. The summed E-state index contributed by atoms with van der Waals surface area (Å²) in [7, 11) is 0. The summed E-state index contributed by atoms with van der Waals surface area (Å²) < 4.78 is 0. The highest BCUT2D eigenvalue weighted by Gasteiger charge is 2.01. The summed E-state index contributed by atoms with van der Waals surface area (Å²) in [6.07, 6.45) is 19.7. The van der Waals surface area contributed by atoms with E-state index in [4.69, 9.17) is 0 Å². The molecule has 0 amide bonds. The van der Waals surface area contributed by atoms with Gasteiger partial charge in [-0.25, -0.2) is 9.97 Å². The zero-order chi connectivity index (χ0) is 20.9. The van der Waals surface area contributed by atoms with Gasteiger partial charge >= 0.3 is 0 Å². The van der Waals surface area contributed by atoms with E-state index in [2.05, 4.69) is 49.5 Å². The molecule has 0 atom stereocenters. The second-order valence-corrected chi connectivity index (χ2v) is 7.17. The Hall–Kier alpha value is -4.39. The highest BCUT2D eigenvalue weighted by Crippen LogP contribution is 2.16. The van der Waals surface area contributed by atoms with Crippen LogP contribution in [0.25, 0.3) is 46.4 Å². The minimum atomic E-state index is 0. The van der Waals surface area contributed by atoms with E-state index < -0.39 is 0 Å². The van der Waals surface area contributed by atoms with Gasteiger partial charge in [0.25, 0.3) is 0 Å². The normalized spacial score (nSPS) is 12.6. The summed E-state index contributed by atoms with van der Waals surface area (Å²) in [6, 6.07) is 16.4. The number of aromatic nitrogens is 4. The lowest BCUT2D eigenvalue weighted by Crippen LogP contribution is -1.87. The second-order valence-electron chi connectivity index (χ2n) is 7.17. The monoisotopic (exact) mass is 437 g/mol. The predicted molar refractivity (Wildman–Crippen MR) is 142 cm³/mol. The Kier molecular flexibility index (Phi) is 7.60. The van der Waals surface area contributed by atoms with Gasteiger partial charge in [-0.05, 0) is 85.0 Å². The van der Waals surface area contributed by atoms with Gasteiger partial charge in [-0.2, -0.15) is 0 Å². The summed E-state index contributed by atoms with van der Waals surface area (Å²) in [5.41, 5.74) is 7.86. The van der Waals surface area contributed by atoms with Crippen LogP contribution in [0, 0.1) is 0 Å². The van der Waals surface area contributed by atoms with E-state index in [1.807, 2.05) is 85.3 Å². The molecule has 6 heterocycles. The van der Waals surface area contributed by atoms with Crippen LogP contribution >= 0.6 is 0 Å². The summed E-state index contributed by atoms with van der Waals surface area (Å²) in [6.45, 7) is 0. The smallest absolute Gasteiger partial charge is 0.0814 e. The zero-order valence-electron chi connectivity index (χ0n) is 17.2. The maximum absolute atomic E-state index is 4.63. The van der Waals surface area contributed by atoms with Gasteiger partial charge in [0.2, 0.25) is 0 Å². The molecule has 0 aliphatic carbocycles. The van der Waals surface area contributed by atoms with Gasteiger partial charge in [-0.15, -0.1) is 0 Å². The van der Waals surface area contributed by atoms with Gasteiger partial charge in [0, 0.05) is 34.5 Å². The molecule has 3 aliphatic heterocycles. The average Bonchev–Trinajstić information content (AvgIpc) is 3.53. The van der Waals surface area contributed by atoms with Crippen LogP contribution in [0.15, 0.2) is 85.2 Å². The molecule has 6 rings (SSSR count). The number of aromatic amines is 2. The first-order valence-electron chi connectivity index (χ1n) is 10.1. The SMILES string of the molecule is B.C1=CC=CNC=C1.C1=Cc2cc3ccc(cc4nc(cc5ccc(cc1n2)[nH]5)C=C4)[nH]3.F. The number of nitrogens with zero attached hydrogens (tertiary/aromatic N) is 2. The average molecular weight is 437 g/mol. The quantitative estimate of drug-likeness (QED) is 0.305. The molecule has 0 spiro atoms. The minimum absolute atomic E-state index is 0. The highest BCUT2D eigenvalue weighted by molar-refractivity contribution is 5.77. The predicted octanol–water partition coefficient (Wildman–Crippen LogP) is 4.80. The molecule has 0 radical (unpaired) electrons. The highest BCUT2D eigenvalue weighted by atomic mass is 19.0. The first kappa shape index (κ1) is 23.3. The van der Waals surface area contributed by atoms with E-state index >= 15 is 0 Å². The summed E-state index contributed by atoms with van der Waals surface area (Å²) in [4.78, 5) is 16.0. The molecule has 3 aromatic rings. The largest absolute Gasteiger partial charge is 0.368 e. The Morgan fingerprint density at radius 2 is 0.818 bits per heavy atom. The third-order valence-corrected chi connectivity index (χ3v) is 4.76. The van der Waals surface area contributed by atoms with Gasteiger partial charge in [-0.3, -0.25) is 4.70 Å². The van der Waals surface area contributed by atoms with Crippen LogP contribution < -0.4 is 5.32 Å². The topological polar surface area (TPSA) is 69.4 Å². The van der Waals surface area contributed by atoms with E-state index in [0.717, 1.165) is 44.8 Å². The maximum atomic E-state index is 4.63. The van der Waals surface area contributed by atoms with Crippen LogP contribution in [0.3, 0.4) is 0 Å². The van der Waals surface area contributed by atoms with Crippen LogP contribution in [0.2, 0.25) is 0 Å². The molecular weight excluding hydrogens is 412 g/mol. The molecule has 7 heteroatoms. The summed E-state index contributed by atoms with van der Waals surface area (Å²) >= 11 is 0. The van der Waals surface area contributed by atoms with Gasteiger partial charge in [0.05, 0.1) is 31.2 Å². The van der Waals surface area contributed by atoms with Crippen molar-refractivity contribution >= 4 is 54.8 Å². The van der Waals surface area contributed by atoms with Crippen LogP contribution in [0.4, 0.5) is 4.70 Å². The van der Waals surface area contributed by atoms with Crippen LogP contribution in [-0.4, -0.2) is 28.3 Å². The molecule has 8 bridgehead atoms. The first-order chi connectivity index (χ1) is 15.3. The van der Waals surface area contributed by atoms with Crippen molar-refractivity contribution < 1.29 is 4.70 Å². The van der Waals surface area contributed by atoms with Crippen LogP contribution in [0.5, 0.6) is 0 Å². The zero-order valence-corrected chi connectivity index (χ0v) is 17.2. The van der Waals surface area contributed by atoms with Crippen molar-refractivity contribution in [2.24, 2.45) is 0 Å². The minimum Gasteiger partial charge on any atom is -0.368 e. The van der Waals surface area contributed by atoms with Crippen molar-refractivity contribution in [3.63, 3.8) is 0 Å². The molecule has 0 saturated carbocycles. The fourth-order valence-electron chi connectivity index (χ4n) is 3.35. The Morgan fingerprint density at radius 3 is 1.15 bits per heavy atom. The van der Waals surface area contributed by atoms with E-state index in [0.29, 0.717) is 0 Å². The van der Waals surface area contributed by atoms with Gasteiger partial charge < -0.3 is 15.3 Å². The molecule has 3 aromatic heterocycles. The van der Waals surface area contributed by atoms with E-state index in [1.54, 1.807) is 0 Å². The number of H-pyrrole nitrogens is 2. The number of hydrogen-bond donors (Lipinski definition) is 3. The Balaban J connectivity index is 0.000000296. The van der Waals surface area contributed by atoms with Crippen molar-refractivity contribution in [3.05, 3.63) is 108 Å². The third kappa shape index (κ3) is 6.07. The van der Waals surface area contributed by atoms with E-state index in [1.165, 1.54) is 0 Å². The molecular formula is C26H25BFN5. The molecule has 0 fully saturated rings. The standard InChI is InChI=1S/C20H14N4.C6H7N.BH3.FH/c1-2-14-10-16-5-6-18(23-16)12-20-8-7-19(24-20)11-17-4-3-15(22-17)9-13(1)21-14;1-2-4-6-7-5-3-1;;/h1-12,21,24H;1-7H;1H3;1H. The lowest BCUT2D eigenvalue weighted by atomic mass is 10.3. The Labute approximate surface area is 193 Å². The first-order valence-corrected chi connectivity index (χ1v) is 10.1. The fraction of sp³-hybridized carbons (Fsp3) is 0. The summed E-state index contributed by atoms with van der Waals surface area (Å²) in [5.74, 6) is 0. The number of nitrogens with one attached hydrogen (secondary N) is 3. The molecule has 0 saturated heterocycles. The van der Waals surface area contributed by atoms with Gasteiger partial charge in [-0.1, -0.05) is 12.2 Å². The van der Waals surface area contributed by atoms with Crippen molar-refractivity contribution in [1.82, 2.24) is 25.3 Å². The molecule has 3 N–H and O–H groups in total. The molecule has 3 aliphatic rings. The molecule has 0 aromatic carbocycles. The molecule has 164 valence electrons. The summed E-state index contributed by atoms with van der Waals surface area (Å²) in [5, 5.41) is 2.92. The Morgan fingerprint density at radius 1 is 0.485 bits per heavy atom. The molecule has 5 nitrogen and oxygen atoms in total. The maximum Gasteiger partial charge on any atom is 0.0814 e. The number of allylic oxidation sites excluding steroid dienone is 4. The molecule has 33 heavy (non-hydrogen) atoms. The lowest BCUT2D eigenvalue weighted by Gasteiger charge is -1.85. The van der Waals surface area contributed by atoms with Crippen LogP contribution in [0.1, 0.15) is 22.8 Å². The lowest BCUT2D eigenvalue weighted by molar-refractivity contribution is 1.11. The Bertz CT molecular complexity index is 1230. The number of halogens is 1. The van der Waals surface area contributed by atoms with Gasteiger partial charge in [0.15, 0.2) is 0 Å². The van der Waals surface area contributed by atoms with Crippen LogP contribution in [-0.2, 0) is 0 Å². The third-order valence-electron chi connectivity index (χ3n) is 4.76. The molecule has 0 unspecified atom stereocenters. The van der Waals surface area contributed by atoms with Crippen molar-refractivity contribution in [3.8, 4) is 0 Å². The van der Waals surface area contributed by atoms with Gasteiger partial charge in [0.1, 0.15) is 0 Å². The number of hydrogen-bond acceptors (Lipinski definition) is 3. The second kappa shape index (κ2) is 10.8.